The fourth-order valence-corrected chi connectivity index (χ4v) is 4.20. The molecule has 2 atom stereocenters. The summed E-state index contributed by atoms with van der Waals surface area (Å²) in [4.78, 5) is 22.4. The SMILES string of the molecule is Cc1nc(C)c(C(=O)N2CCO[C@@H](CN(C)C)[C@@H]2c2cnn(C)c2)s1. The van der Waals surface area contributed by atoms with Crippen molar-refractivity contribution in [3.8, 4) is 0 Å². The van der Waals surface area contributed by atoms with E-state index in [1.54, 1.807) is 4.68 Å². The van der Waals surface area contributed by atoms with Gasteiger partial charge in [0, 0.05) is 31.9 Å². The van der Waals surface area contributed by atoms with Gasteiger partial charge in [0.15, 0.2) is 0 Å². The molecule has 1 amide bonds. The van der Waals surface area contributed by atoms with Crippen LogP contribution in [0.1, 0.15) is 32.0 Å². The first-order valence-electron chi connectivity index (χ1n) is 8.36. The monoisotopic (exact) mass is 363 g/mol. The summed E-state index contributed by atoms with van der Waals surface area (Å²) in [6, 6.07) is -0.154. The maximum Gasteiger partial charge on any atom is 0.266 e. The van der Waals surface area contributed by atoms with Gasteiger partial charge in [0.25, 0.3) is 5.91 Å². The Morgan fingerprint density at radius 3 is 2.76 bits per heavy atom. The average Bonchev–Trinajstić information content (AvgIpc) is 3.11. The molecule has 3 heterocycles. The largest absolute Gasteiger partial charge is 0.373 e. The second-order valence-electron chi connectivity index (χ2n) is 6.71. The minimum atomic E-state index is -0.154. The van der Waals surface area contributed by atoms with Crippen LogP contribution in [-0.4, -0.2) is 70.4 Å². The van der Waals surface area contributed by atoms with Crippen LogP contribution in [0.2, 0.25) is 0 Å². The van der Waals surface area contributed by atoms with Crippen LogP contribution in [0, 0.1) is 13.8 Å². The van der Waals surface area contributed by atoms with Gasteiger partial charge in [0.2, 0.25) is 0 Å². The first-order chi connectivity index (χ1) is 11.9. The zero-order valence-corrected chi connectivity index (χ0v) is 16.2. The van der Waals surface area contributed by atoms with Gasteiger partial charge in [0.05, 0.1) is 35.7 Å². The lowest BCUT2D eigenvalue weighted by Gasteiger charge is -2.41. The zero-order chi connectivity index (χ0) is 18.1. The van der Waals surface area contributed by atoms with Crippen LogP contribution in [-0.2, 0) is 11.8 Å². The molecule has 1 fully saturated rings. The van der Waals surface area contributed by atoms with Crippen molar-refractivity contribution in [3.05, 3.63) is 33.5 Å². The molecule has 0 aliphatic carbocycles. The zero-order valence-electron chi connectivity index (χ0n) is 15.4. The first kappa shape index (κ1) is 18.0. The Hall–Kier alpha value is -1.77. The number of carbonyl (C=O) groups excluding carboxylic acids is 1. The normalized spacial score (nSPS) is 21.1. The molecule has 0 aromatic carbocycles. The van der Waals surface area contributed by atoms with E-state index in [4.69, 9.17) is 4.74 Å². The maximum atomic E-state index is 13.3. The van der Waals surface area contributed by atoms with Crippen LogP contribution in [0.5, 0.6) is 0 Å². The number of carbonyl (C=O) groups is 1. The number of nitrogens with zero attached hydrogens (tertiary/aromatic N) is 5. The highest BCUT2D eigenvalue weighted by atomic mass is 32.1. The van der Waals surface area contributed by atoms with Crippen molar-refractivity contribution in [2.45, 2.75) is 26.0 Å². The Balaban J connectivity index is 1.96. The lowest BCUT2D eigenvalue weighted by atomic mass is 10.00. The van der Waals surface area contributed by atoms with Gasteiger partial charge in [-0.3, -0.25) is 9.48 Å². The smallest absolute Gasteiger partial charge is 0.266 e. The summed E-state index contributed by atoms with van der Waals surface area (Å²) >= 11 is 1.46. The van der Waals surface area contributed by atoms with Crippen LogP contribution < -0.4 is 0 Å². The van der Waals surface area contributed by atoms with Gasteiger partial charge in [-0.1, -0.05) is 0 Å². The number of morpholine rings is 1. The number of ether oxygens (including phenoxy) is 1. The average molecular weight is 363 g/mol. The number of likely N-dealkylation sites (N-methyl/N-ethyl adjacent to an activating group) is 1. The minimum Gasteiger partial charge on any atom is -0.373 e. The number of aromatic nitrogens is 3. The molecule has 0 spiro atoms. The highest BCUT2D eigenvalue weighted by Gasteiger charge is 2.38. The first-order valence-corrected chi connectivity index (χ1v) is 9.18. The van der Waals surface area contributed by atoms with Crippen molar-refractivity contribution in [1.29, 1.82) is 0 Å². The molecule has 7 nitrogen and oxygen atoms in total. The lowest BCUT2D eigenvalue weighted by Crippen LogP contribution is -2.51. The van der Waals surface area contributed by atoms with Crippen molar-refractivity contribution in [3.63, 3.8) is 0 Å². The van der Waals surface area contributed by atoms with E-state index >= 15 is 0 Å². The highest BCUT2D eigenvalue weighted by molar-refractivity contribution is 7.13. The third kappa shape index (κ3) is 3.75. The molecule has 25 heavy (non-hydrogen) atoms. The predicted molar refractivity (Wildman–Crippen MR) is 96.9 cm³/mol. The second kappa shape index (κ2) is 7.23. The molecule has 8 heteroatoms. The van der Waals surface area contributed by atoms with Gasteiger partial charge in [-0.25, -0.2) is 4.98 Å². The van der Waals surface area contributed by atoms with E-state index in [1.165, 1.54) is 11.3 Å². The molecule has 1 aliphatic rings. The molecule has 3 rings (SSSR count). The number of rotatable bonds is 4. The van der Waals surface area contributed by atoms with Gasteiger partial charge >= 0.3 is 0 Å². The molecule has 1 saturated heterocycles. The number of hydrogen-bond donors (Lipinski definition) is 0. The Morgan fingerprint density at radius 2 is 2.20 bits per heavy atom. The standard InChI is InChI=1S/C17H25N5O2S/c1-11-16(25-12(2)19-11)17(23)22-6-7-24-14(10-20(3)4)15(22)13-8-18-21(5)9-13/h8-9,14-15H,6-7,10H2,1-5H3/t14-,15-/m0/s1. The molecule has 0 saturated carbocycles. The van der Waals surface area contributed by atoms with Crippen molar-refractivity contribution < 1.29 is 9.53 Å². The fraction of sp³-hybridized carbons (Fsp3) is 0.588. The molecule has 0 bridgehead atoms. The van der Waals surface area contributed by atoms with Crippen molar-refractivity contribution >= 4 is 17.2 Å². The van der Waals surface area contributed by atoms with E-state index in [1.807, 2.05) is 52.3 Å². The minimum absolute atomic E-state index is 0.0315. The second-order valence-corrected chi connectivity index (χ2v) is 7.91. The summed E-state index contributed by atoms with van der Waals surface area (Å²) < 4.78 is 7.80. The molecule has 2 aromatic rings. The Kier molecular flexibility index (Phi) is 5.21. The van der Waals surface area contributed by atoms with Crippen molar-refractivity contribution in [2.24, 2.45) is 7.05 Å². The third-order valence-corrected chi connectivity index (χ3v) is 5.38. The summed E-state index contributed by atoms with van der Waals surface area (Å²) in [6.45, 7) is 5.68. The van der Waals surface area contributed by atoms with Crippen LogP contribution >= 0.6 is 11.3 Å². The third-order valence-electron chi connectivity index (χ3n) is 4.32. The molecule has 136 valence electrons. The van der Waals surface area contributed by atoms with Crippen LogP contribution in [0.4, 0.5) is 0 Å². The lowest BCUT2D eigenvalue weighted by molar-refractivity contribution is -0.0683. The number of hydrogen-bond acceptors (Lipinski definition) is 6. The van der Waals surface area contributed by atoms with Gasteiger partial charge in [-0.2, -0.15) is 5.10 Å². The highest BCUT2D eigenvalue weighted by Crippen LogP contribution is 2.32. The van der Waals surface area contributed by atoms with Gasteiger partial charge in [-0.05, 0) is 27.9 Å². The van der Waals surface area contributed by atoms with Crippen molar-refractivity contribution in [2.75, 3.05) is 33.8 Å². The number of thiazole rings is 1. The van der Waals surface area contributed by atoms with E-state index in [-0.39, 0.29) is 18.1 Å². The number of amides is 1. The fourth-order valence-electron chi connectivity index (χ4n) is 3.32. The summed E-state index contributed by atoms with van der Waals surface area (Å²) in [6.07, 6.45) is 3.70. The molecular weight excluding hydrogens is 338 g/mol. The van der Waals surface area contributed by atoms with E-state index in [0.717, 1.165) is 27.7 Å². The Morgan fingerprint density at radius 1 is 1.44 bits per heavy atom. The van der Waals surface area contributed by atoms with Gasteiger partial charge in [0.1, 0.15) is 4.88 Å². The summed E-state index contributed by atoms with van der Waals surface area (Å²) in [5, 5.41) is 5.21. The Bertz CT molecular complexity index is 754. The molecule has 1 aliphatic heterocycles. The summed E-state index contributed by atoms with van der Waals surface area (Å²) in [5.41, 5.74) is 1.80. The Labute approximate surface area is 152 Å². The maximum absolute atomic E-state index is 13.3. The molecule has 0 N–H and O–H groups in total. The van der Waals surface area contributed by atoms with Crippen LogP contribution in [0.3, 0.4) is 0 Å². The molecule has 0 radical (unpaired) electrons. The predicted octanol–water partition coefficient (Wildman–Crippen LogP) is 1.64. The van der Waals surface area contributed by atoms with E-state index < -0.39 is 0 Å². The van der Waals surface area contributed by atoms with Crippen LogP contribution in [0.25, 0.3) is 0 Å². The van der Waals surface area contributed by atoms with E-state index in [0.29, 0.717) is 13.2 Å². The summed E-state index contributed by atoms with van der Waals surface area (Å²) in [7, 11) is 5.92. The topological polar surface area (TPSA) is 63.5 Å². The molecule has 2 aromatic heterocycles. The van der Waals surface area contributed by atoms with E-state index in [9.17, 15) is 4.79 Å². The summed E-state index contributed by atoms with van der Waals surface area (Å²) in [5.74, 6) is 0.0315. The van der Waals surface area contributed by atoms with Gasteiger partial charge < -0.3 is 14.5 Å². The molecule has 0 unspecified atom stereocenters. The van der Waals surface area contributed by atoms with Crippen LogP contribution in [0.15, 0.2) is 12.4 Å². The number of aryl methyl sites for hydroxylation is 3. The van der Waals surface area contributed by atoms with Crippen molar-refractivity contribution in [1.82, 2.24) is 24.6 Å². The van der Waals surface area contributed by atoms with E-state index in [2.05, 4.69) is 15.0 Å². The molecular formula is C17H25N5O2S. The van der Waals surface area contributed by atoms with Gasteiger partial charge in [-0.15, -0.1) is 11.3 Å². The quantitative estimate of drug-likeness (QED) is 0.826.